The molecule has 0 amide bonds. The van der Waals surface area contributed by atoms with E-state index in [1.165, 1.54) is 0 Å². The van der Waals surface area contributed by atoms with Gasteiger partial charge in [0.15, 0.2) is 0 Å². The third-order valence-electron chi connectivity index (χ3n) is 3.95. The minimum absolute atomic E-state index is 0.847. The first-order valence-corrected chi connectivity index (χ1v) is 8.10. The normalized spacial score (nSPS) is 10.0. The first kappa shape index (κ1) is 16.7. The van der Waals surface area contributed by atoms with Crippen LogP contribution in [0.1, 0.15) is 11.1 Å². The number of hydrogen-bond acceptors (Lipinski definition) is 2. The van der Waals surface area contributed by atoms with Crippen LogP contribution >= 0.6 is 0 Å². The van der Waals surface area contributed by atoms with Gasteiger partial charge in [-0.25, -0.2) is 0 Å². The lowest BCUT2D eigenvalue weighted by Crippen LogP contribution is -2.28. The van der Waals surface area contributed by atoms with Crippen LogP contribution in [0.5, 0.6) is 11.5 Å². The predicted molar refractivity (Wildman–Crippen MR) is 99.4 cm³/mol. The molecule has 0 radical (unpaired) electrons. The summed E-state index contributed by atoms with van der Waals surface area (Å²) in [5.74, 6) is 1.69. The Morgan fingerprint density at radius 2 is 1.24 bits per heavy atom. The van der Waals surface area contributed by atoms with E-state index < -0.39 is 0 Å². The summed E-state index contributed by atoms with van der Waals surface area (Å²) in [5, 5.41) is 0. The van der Waals surface area contributed by atoms with Crippen LogP contribution in [-0.4, -0.2) is 14.2 Å². The maximum atomic E-state index is 5.27. The highest BCUT2D eigenvalue weighted by atomic mass is 16.5. The molecule has 0 bridgehead atoms. The van der Waals surface area contributed by atoms with Crippen LogP contribution in [0, 0.1) is 6.54 Å². The SMILES string of the molecule is COc1ccc(C(=C[CH-][n+]2ccccc2)c2ccc(OC)cc2)cc1. The monoisotopic (exact) mass is 331 g/mol. The average molecular weight is 331 g/mol. The zero-order chi connectivity index (χ0) is 17.5. The van der Waals surface area contributed by atoms with Crippen molar-refractivity contribution in [1.29, 1.82) is 0 Å². The van der Waals surface area contributed by atoms with Gasteiger partial charge in [-0.1, -0.05) is 53.1 Å². The maximum absolute atomic E-state index is 5.27. The smallest absolute Gasteiger partial charge is 0.118 e. The Labute approximate surface area is 148 Å². The van der Waals surface area contributed by atoms with Gasteiger partial charge in [0.25, 0.3) is 0 Å². The van der Waals surface area contributed by atoms with Crippen LogP contribution in [-0.2, 0) is 0 Å². The van der Waals surface area contributed by atoms with Crippen molar-refractivity contribution in [3.8, 4) is 11.5 Å². The summed E-state index contributed by atoms with van der Waals surface area (Å²) in [6.45, 7) is 2.05. The summed E-state index contributed by atoms with van der Waals surface area (Å²) < 4.78 is 12.6. The van der Waals surface area contributed by atoms with E-state index in [0.717, 1.165) is 28.2 Å². The first-order chi connectivity index (χ1) is 12.3. The molecule has 0 unspecified atom stereocenters. The van der Waals surface area contributed by atoms with E-state index in [9.17, 15) is 0 Å². The molecule has 3 rings (SSSR count). The van der Waals surface area contributed by atoms with E-state index in [2.05, 4.69) is 30.3 Å². The van der Waals surface area contributed by atoms with Crippen molar-refractivity contribution in [1.82, 2.24) is 0 Å². The molecule has 2 aromatic carbocycles. The van der Waals surface area contributed by atoms with Gasteiger partial charge in [0.05, 0.1) is 33.2 Å². The number of hydrogen-bond donors (Lipinski definition) is 0. The number of methoxy groups -OCH3 is 2. The van der Waals surface area contributed by atoms with E-state index in [1.54, 1.807) is 14.2 Å². The fourth-order valence-corrected chi connectivity index (χ4v) is 2.57. The fraction of sp³-hybridized carbons (Fsp3) is 0.0909. The third kappa shape index (κ3) is 4.21. The molecule has 3 aromatic rings. The first-order valence-electron chi connectivity index (χ1n) is 8.10. The molecule has 25 heavy (non-hydrogen) atoms. The Hall–Kier alpha value is -3.20. The number of allylic oxidation sites excluding steroid dienone is 1. The zero-order valence-corrected chi connectivity index (χ0v) is 14.4. The molecule has 0 aliphatic rings. The van der Waals surface area contributed by atoms with Crippen molar-refractivity contribution < 1.29 is 14.0 Å². The van der Waals surface area contributed by atoms with E-state index in [-0.39, 0.29) is 0 Å². The van der Waals surface area contributed by atoms with Gasteiger partial charge in [0.1, 0.15) is 11.5 Å². The van der Waals surface area contributed by atoms with Gasteiger partial charge < -0.3 is 9.47 Å². The highest BCUT2D eigenvalue weighted by Gasteiger charge is 2.04. The Morgan fingerprint density at radius 3 is 1.68 bits per heavy atom. The molecule has 0 spiro atoms. The fourth-order valence-electron chi connectivity index (χ4n) is 2.57. The lowest BCUT2D eigenvalue weighted by molar-refractivity contribution is -0.627. The Balaban J connectivity index is 1.96. The van der Waals surface area contributed by atoms with E-state index in [0.29, 0.717) is 0 Å². The molecule has 126 valence electrons. The Kier molecular flexibility index (Phi) is 5.37. The van der Waals surface area contributed by atoms with E-state index >= 15 is 0 Å². The van der Waals surface area contributed by atoms with Crippen molar-refractivity contribution in [2.24, 2.45) is 0 Å². The Bertz CT molecular complexity index is 773. The van der Waals surface area contributed by atoms with Gasteiger partial charge >= 0.3 is 0 Å². The molecule has 0 aliphatic heterocycles. The largest absolute Gasteiger partial charge is 0.497 e. The standard InChI is InChI=1S/C22H21NO2/c1-24-20-10-6-18(7-11-20)22(14-17-23-15-4-3-5-16-23)19-8-12-21(25-2)13-9-19/h3-17H,1-2H3. The second kappa shape index (κ2) is 8.06. The topological polar surface area (TPSA) is 22.3 Å². The third-order valence-corrected chi connectivity index (χ3v) is 3.95. The number of aromatic nitrogens is 1. The summed E-state index contributed by atoms with van der Waals surface area (Å²) in [6, 6.07) is 22.2. The second-order valence-corrected chi connectivity index (χ2v) is 5.51. The van der Waals surface area contributed by atoms with Crippen LogP contribution in [0.4, 0.5) is 0 Å². The lowest BCUT2D eigenvalue weighted by atomic mass is 9.97. The molecule has 1 aromatic heterocycles. The molecule has 1 heterocycles. The van der Waals surface area contributed by atoms with E-state index in [4.69, 9.17) is 9.47 Å². The number of nitrogens with zero attached hydrogens (tertiary/aromatic N) is 1. The predicted octanol–water partition coefficient (Wildman–Crippen LogP) is 4.13. The van der Waals surface area contributed by atoms with Gasteiger partial charge in [-0.15, -0.1) is 0 Å². The summed E-state index contributed by atoms with van der Waals surface area (Å²) >= 11 is 0. The molecule has 0 N–H and O–H groups in total. The highest BCUT2D eigenvalue weighted by Crippen LogP contribution is 2.27. The Morgan fingerprint density at radius 1 is 0.760 bits per heavy atom. The molecule has 0 saturated heterocycles. The van der Waals surface area contributed by atoms with Crippen LogP contribution in [0.25, 0.3) is 5.57 Å². The molecule has 3 heteroatoms. The van der Waals surface area contributed by atoms with Gasteiger partial charge in [0, 0.05) is 0 Å². The average Bonchev–Trinajstić information content (AvgIpc) is 2.70. The maximum Gasteiger partial charge on any atom is 0.118 e. The second-order valence-electron chi connectivity index (χ2n) is 5.51. The van der Waals surface area contributed by atoms with Crippen LogP contribution < -0.4 is 14.0 Å². The minimum Gasteiger partial charge on any atom is -0.497 e. The van der Waals surface area contributed by atoms with Crippen molar-refractivity contribution >= 4 is 5.57 Å². The van der Waals surface area contributed by atoms with Crippen molar-refractivity contribution in [3.63, 3.8) is 0 Å². The molecule has 0 atom stereocenters. The molecule has 0 fully saturated rings. The quantitative estimate of drug-likeness (QED) is 0.500. The summed E-state index contributed by atoms with van der Waals surface area (Å²) in [5.41, 5.74) is 3.37. The summed E-state index contributed by atoms with van der Waals surface area (Å²) in [7, 11) is 3.35. The van der Waals surface area contributed by atoms with E-state index in [1.807, 2.05) is 66.0 Å². The molecule has 0 aliphatic carbocycles. The van der Waals surface area contributed by atoms with Gasteiger partial charge in [-0.2, -0.15) is 0 Å². The van der Waals surface area contributed by atoms with Crippen LogP contribution in [0.3, 0.4) is 0 Å². The van der Waals surface area contributed by atoms with Gasteiger partial charge in [-0.3, -0.25) is 4.57 Å². The van der Waals surface area contributed by atoms with Crippen LogP contribution in [0.2, 0.25) is 0 Å². The molecular weight excluding hydrogens is 310 g/mol. The number of pyridine rings is 1. The van der Waals surface area contributed by atoms with Crippen LogP contribution in [0.15, 0.2) is 85.2 Å². The highest BCUT2D eigenvalue weighted by molar-refractivity contribution is 5.80. The number of rotatable bonds is 6. The van der Waals surface area contributed by atoms with Crippen molar-refractivity contribution in [2.75, 3.05) is 14.2 Å². The van der Waals surface area contributed by atoms with Gasteiger partial charge in [0.2, 0.25) is 0 Å². The number of benzene rings is 2. The summed E-state index contributed by atoms with van der Waals surface area (Å²) in [4.78, 5) is 0. The van der Waals surface area contributed by atoms with Gasteiger partial charge in [-0.05, 0) is 36.4 Å². The summed E-state index contributed by atoms with van der Waals surface area (Å²) in [6.07, 6.45) is 6.13. The van der Waals surface area contributed by atoms with Crippen molar-refractivity contribution in [2.45, 2.75) is 0 Å². The molecule has 3 nitrogen and oxygen atoms in total. The zero-order valence-electron chi connectivity index (χ0n) is 14.4. The minimum atomic E-state index is 0.847. The lowest BCUT2D eigenvalue weighted by Gasteiger charge is -2.14. The number of ether oxygens (including phenoxy) is 2. The molecule has 0 saturated carbocycles. The van der Waals surface area contributed by atoms with Crippen molar-refractivity contribution in [3.05, 3.63) is 103 Å². The molecular formula is C22H21NO2.